The van der Waals surface area contributed by atoms with Gasteiger partial charge in [0.2, 0.25) is 0 Å². The average molecular weight is 186 g/mol. The zero-order valence-corrected chi connectivity index (χ0v) is 7.91. The lowest BCUT2D eigenvalue weighted by atomic mass is 9.96. The minimum absolute atomic E-state index is 0.200. The van der Waals surface area contributed by atoms with Crippen molar-refractivity contribution in [2.24, 2.45) is 5.41 Å². The summed E-state index contributed by atoms with van der Waals surface area (Å²) in [7, 11) is 0. The Morgan fingerprint density at radius 3 is 2.54 bits per heavy atom. The first-order chi connectivity index (χ1) is 6.02. The van der Waals surface area contributed by atoms with Crippen LogP contribution in [-0.4, -0.2) is 25.7 Å². The van der Waals surface area contributed by atoms with Gasteiger partial charge in [-0.2, -0.15) is 0 Å². The van der Waals surface area contributed by atoms with Crippen molar-refractivity contribution in [2.45, 2.75) is 13.8 Å². The lowest BCUT2D eigenvalue weighted by Gasteiger charge is -2.21. The van der Waals surface area contributed by atoms with Crippen LogP contribution in [0.4, 0.5) is 0 Å². The molecular formula is C9H14O4. The molecule has 4 nitrogen and oxygen atoms in total. The van der Waals surface area contributed by atoms with Crippen LogP contribution in [0.3, 0.4) is 0 Å². The van der Waals surface area contributed by atoms with Crippen molar-refractivity contribution >= 4 is 12.4 Å². The highest BCUT2D eigenvalue weighted by Gasteiger charge is 2.20. The Balaban J connectivity index is 3.80. The number of carbonyl (C=O) groups is 2. The van der Waals surface area contributed by atoms with Crippen LogP contribution in [0.25, 0.3) is 0 Å². The maximum atomic E-state index is 10.7. The largest absolute Gasteiger partial charge is 0.467 e. The highest BCUT2D eigenvalue weighted by Crippen LogP contribution is 2.15. The summed E-state index contributed by atoms with van der Waals surface area (Å²) >= 11 is 0. The molecule has 0 rings (SSSR count). The quantitative estimate of drug-likeness (QED) is 0.351. The topological polar surface area (TPSA) is 52.6 Å². The van der Waals surface area contributed by atoms with E-state index in [1.807, 2.05) is 13.8 Å². The van der Waals surface area contributed by atoms with Crippen molar-refractivity contribution in [3.8, 4) is 0 Å². The molecule has 0 fully saturated rings. The van der Waals surface area contributed by atoms with Gasteiger partial charge in [-0.1, -0.05) is 20.4 Å². The van der Waals surface area contributed by atoms with E-state index >= 15 is 0 Å². The van der Waals surface area contributed by atoms with Crippen LogP contribution >= 0.6 is 0 Å². The third-order valence-electron chi connectivity index (χ3n) is 1.31. The minimum Gasteiger partial charge on any atom is -0.467 e. The van der Waals surface area contributed by atoms with Gasteiger partial charge in [0.25, 0.3) is 6.47 Å². The van der Waals surface area contributed by atoms with E-state index in [4.69, 9.17) is 4.74 Å². The molecule has 0 spiro atoms. The summed E-state index contributed by atoms with van der Waals surface area (Å²) in [5.74, 6) is -0.473. The summed E-state index contributed by atoms with van der Waals surface area (Å²) in [4.78, 5) is 20.6. The molecule has 0 aliphatic heterocycles. The van der Waals surface area contributed by atoms with Crippen LogP contribution in [0, 0.1) is 5.41 Å². The minimum atomic E-state index is -0.473. The molecule has 0 aromatic carbocycles. The van der Waals surface area contributed by atoms with Gasteiger partial charge in [0.1, 0.15) is 0 Å². The number of esters is 1. The highest BCUT2D eigenvalue weighted by atomic mass is 16.5. The number of hydrogen-bond donors (Lipinski definition) is 0. The van der Waals surface area contributed by atoms with E-state index in [2.05, 4.69) is 11.3 Å². The second kappa shape index (κ2) is 5.35. The fourth-order valence-corrected chi connectivity index (χ4v) is 0.627. The van der Waals surface area contributed by atoms with E-state index < -0.39 is 5.97 Å². The van der Waals surface area contributed by atoms with Crippen LogP contribution < -0.4 is 0 Å². The third kappa shape index (κ3) is 5.90. The van der Waals surface area contributed by atoms with E-state index in [1.165, 1.54) is 0 Å². The second-order valence-corrected chi connectivity index (χ2v) is 3.38. The smallest absolute Gasteiger partial charge is 0.330 e. The molecule has 0 aliphatic carbocycles. The van der Waals surface area contributed by atoms with Gasteiger partial charge in [-0.05, 0) is 0 Å². The molecule has 0 aliphatic rings. The van der Waals surface area contributed by atoms with Crippen LogP contribution in [0.1, 0.15) is 13.8 Å². The summed E-state index contributed by atoms with van der Waals surface area (Å²) in [6.45, 7) is 7.71. The second-order valence-electron chi connectivity index (χ2n) is 3.38. The molecular weight excluding hydrogens is 172 g/mol. The molecule has 0 saturated heterocycles. The maximum Gasteiger partial charge on any atom is 0.330 e. The zero-order chi connectivity index (χ0) is 10.3. The molecule has 0 aromatic rings. The van der Waals surface area contributed by atoms with Crippen molar-refractivity contribution in [1.29, 1.82) is 0 Å². The fraction of sp³-hybridized carbons (Fsp3) is 0.556. The predicted molar refractivity (Wildman–Crippen MR) is 47.0 cm³/mol. The van der Waals surface area contributed by atoms with E-state index in [-0.39, 0.29) is 18.6 Å². The van der Waals surface area contributed by atoms with Gasteiger partial charge < -0.3 is 9.47 Å². The highest BCUT2D eigenvalue weighted by molar-refractivity contribution is 5.81. The Hall–Kier alpha value is -1.32. The zero-order valence-electron chi connectivity index (χ0n) is 7.91. The molecule has 0 atom stereocenters. The van der Waals surface area contributed by atoms with Crippen molar-refractivity contribution in [3.05, 3.63) is 12.7 Å². The Labute approximate surface area is 77.5 Å². The van der Waals surface area contributed by atoms with Crippen LogP contribution in [0.15, 0.2) is 12.7 Å². The molecule has 74 valence electrons. The summed E-state index contributed by atoms with van der Waals surface area (Å²) < 4.78 is 9.37. The van der Waals surface area contributed by atoms with Gasteiger partial charge >= 0.3 is 5.97 Å². The van der Waals surface area contributed by atoms with Crippen molar-refractivity contribution in [1.82, 2.24) is 0 Å². The van der Waals surface area contributed by atoms with E-state index in [0.29, 0.717) is 6.47 Å². The van der Waals surface area contributed by atoms with Gasteiger partial charge in [0.15, 0.2) is 0 Å². The summed E-state index contributed by atoms with van der Waals surface area (Å²) in [5.41, 5.74) is -0.362. The van der Waals surface area contributed by atoms with Crippen LogP contribution in [0.5, 0.6) is 0 Å². The van der Waals surface area contributed by atoms with Crippen molar-refractivity contribution < 1.29 is 19.1 Å². The molecule has 0 radical (unpaired) electrons. The van der Waals surface area contributed by atoms with E-state index in [0.717, 1.165) is 6.08 Å². The number of carbonyl (C=O) groups excluding carboxylic acids is 2. The normalized spacial score (nSPS) is 10.3. The molecule has 13 heavy (non-hydrogen) atoms. The molecule has 0 N–H and O–H groups in total. The molecule has 0 aromatic heterocycles. The average Bonchev–Trinajstić information content (AvgIpc) is 2.11. The third-order valence-corrected chi connectivity index (χ3v) is 1.31. The molecule has 0 bridgehead atoms. The standard InChI is InChI=1S/C9H14O4/c1-4-8(11)13-6-9(2,3)5-12-7-10/h4,7H,1,5-6H2,2-3H3. The van der Waals surface area contributed by atoms with Gasteiger partial charge in [-0.3, -0.25) is 4.79 Å². The Morgan fingerprint density at radius 1 is 1.46 bits per heavy atom. The summed E-state index contributed by atoms with van der Waals surface area (Å²) in [6, 6.07) is 0. The Bertz CT molecular complexity index is 196. The SMILES string of the molecule is C=CC(=O)OCC(C)(C)COC=O. The number of ether oxygens (including phenoxy) is 2. The lowest BCUT2D eigenvalue weighted by molar-refractivity contribution is -0.143. The first kappa shape index (κ1) is 11.7. The Morgan fingerprint density at radius 2 is 2.08 bits per heavy atom. The first-order valence-electron chi connectivity index (χ1n) is 3.86. The summed E-state index contributed by atoms with van der Waals surface area (Å²) in [5, 5.41) is 0. The van der Waals surface area contributed by atoms with Gasteiger partial charge in [-0.15, -0.1) is 0 Å². The van der Waals surface area contributed by atoms with Crippen LogP contribution in [-0.2, 0) is 19.1 Å². The van der Waals surface area contributed by atoms with E-state index in [1.54, 1.807) is 0 Å². The Kier molecular flexibility index (Phi) is 4.80. The van der Waals surface area contributed by atoms with Crippen LogP contribution in [0.2, 0.25) is 0 Å². The predicted octanol–water partition coefficient (Wildman–Crippen LogP) is 0.915. The fourth-order valence-electron chi connectivity index (χ4n) is 0.627. The number of rotatable bonds is 6. The molecule has 0 amide bonds. The maximum absolute atomic E-state index is 10.7. The van der Waals surface area contributed by atoms with Gasteiger partial charge in [-0.25, -0.2) is 4.79 Å². The van der Waals surface area contributed by atoms with Gasteiger partial charge in [0, 0.05) is 11.5 Å². The molecule has 4 heteroatoms. The molecule has 0 unspecified atom stereocenters. The van der Waals surface area contributed by atoms with E-state index in [9.17, 15) is 9.59 Å². The first-order valence-corrected chi connectivity index (χ1v) is 3.86. The molecule has 0 saturated carbocycles. The lowest BCUT2D eigenvalue weighted by Crippen LogP contribution is -2.26. The molecule has 0 heterocycles. The summed E-state index contributed by atoms with van der Waals surface area (Å²) in [6.07, 6.45) is 1.09. The monoisotopic (exact) mass is 186 g/mol. The van der Waals surface area contributed by atoms with Crippen molar-refractivity contribution in [3.63, 3.8) is 0 Å². The van der Waals surface area contributed by atoms with Gasteiger partial charge in [0.05, 0.1) is 13.2 Å². The number of hydrogen-bond acceptors (Lipinski definition) is 4. The van der Waals surface area contributed by atoms with Crippen molar-refractivity contribution in [2.75, 3.05) is 13.2 Å².